The lowest BCUT2D eigenvalue weighted by Crippen LogP contribution is -2.64. The zero-order valence-corrected chi connectivity index (χ0v) is 18.9. The number of nitrogens with one attached hydrogen (secondary N) is 2. The molecule has 0 spiro atoms. The van der Waals surface area contributed by atoms with Crippen LogP contribution in [0.15, 0.2) is 29.3 Å². The van der Waals surface area contributed by atoms with Gasteiger partial charge in [-0.1, -0.05) is 57.6 Å². The first-order chi connectivity index (χ1) is 15.0. The number of hydrogen-bond donors (Lipinski definition) is 2. The molecule has 2 saturated heterocycles. The first-order valence-corrected chi connectivity index (χ1v) is 11.3. The number of imide groups is 1. The van der Waals surface area contributed by atoms with Crippen molar-refractivity contribution in [3.63, 3.8) is 0 Å². The molecule has 0 aliphatic carbocycles. The number of fused-ring (bicyclic) bond motifs is 1. The lowest BCUT2D eigenvalue weighted by Gasteiger charge is -2.35. The molecule has 170 valence electrons. The maximum Gasteiger partial charge on any atom is 0.325 e. The zero-order chi connectivity index (χ0) is 22.2. The third-order valence-electron chi connectivity index (χ3n) is 5.99. The molecule has 8 heteroatoms. The van der Waals surface area contributed by atoms with Gasteiger partial charge in [0.25, 0.3) is 5.91 Å². The van der Waals surface area contributed by atoms with E-state index in [1.54, 1.807) is 19.1 Å². The number of ether oxygens (including phenoxy) is 1. The highest BCUT2D eigenvalue weighted by atomic mass is 16.5. The minimum atomic E-state index is -0.461. The summed E-state index contributed by atoms with van der Waals surface area (Å²) in [6.45, 7) is 3.44. The summed E-state index contributed by atoms with van der Waals surface area (Å²) >= 11 is 0. The number of amides is 3. The Morgan fingerprint density at radius 1 is 1.03 bits per heavy atom. The van der Waals surface area contributed by atoms with E-state index in [1.165, 1.54) is 32.1 Å². The maximum atomic E-state index is 12.6. The molecule has 3 amide bonds. The van der Waals surface area contributed by atoms with E-state index in [0.29, 0.717) is 12.5 Å². The molecular formula is C23H35N5O3. The minimum Gasteiger partial charge on any atom is -0.497 e. The van der Waals surface area contributed by atoms with Crippen LogP contribution >= 0.6 is 0 Å². The van der Waals surface area contributed by atoms with Gasteiger partial charge < -0.3 is 19.9 Å². The number of likely N-dealkylation sites (N-methyl/N-ethyl adjacent to an activating group) is 1. The van der Waals surface area contributed by atoms with E-state index < -0.39 is 12.2 Å². The van der Waals surface area contributed by atoms with E-state index >= 15 is 0 Å². The van der Waals surface area contributed by atoms with Gasteiger partial charge in [-0.3, -0.25) is 10.1 Å². The Morgan fingerprint density at radius 2 is 1.71 bits per heavy atom. The maximum absolute atomic E-state index is 12.6. The van der Waals surface area contributed by atoms with E-state index in [-0.39, 0.29) is 11.9 Å². The normalized spacial score (nSPS) is 21.8. The highest BCUT2D eigenvalue weighted by molar-refractivity contribution is 6.04. The highest BCUT2D eigenvalue weighted by Gasteiger charge is 2.49. The average molecular weight is 430 g/mol. The first-order valence-electron chi connectivity index (χ1n) is 11.3. The van der Waals surface area contributed by atoms with Crippen molar-refractivity contribution in [3.8, 4) is 5.75 Å². The number of urea groups is 1. The summed E-state index contributed by atoms with van der Waals surface area (Å²) in [5, 5.41) is 5.77. The molecule has 2 atom stereocenters. The van der Waals surface area contributed by atoms with Crippen molar-refractivity contribution in [2.75, 3.05) is 20.7 Å². The second-order valence-electron chi connectivity index (χ2n) is 8.24. The van der Waals surface area contributed by atoms with Crippen molar-refractivity contribution in [2.24, 2.45) is 4.99 Å². The van der Waals surface area contributed by atoms with E-state index in [9.17, 15) is 9.59 Å². The summed E-state index contributed by atoms with van der Waals surface area (Å²) in [4.78, 5) is 33.0. The van der Waals surface area contributed by atoms with Gasteiger partial charge in [-0.15, -0.1) is 0 Å². The van der Waals surface area contributed by atoms with Crippen LogP contribution in [0, 0.1) is 0 Å². The molecule has 1 aromatic carbocycles. The highest BCUT2D eigenvalue weighted by Crippen LogP contribution is 2.22. The van der Waals surface area contributed by atoms with Crippen LogP contribution in [-0.2, 0) is 11.3 Å². The third kappa shape index (κ3) is 5.68. The van der Waals surface area contributed by atoms with Gasteiger partial charge in [-0.2, -0.15) is 0 Å². The van der Waals surface area contributed by atoms with Crippen LogP contribution in [0.25, 0.3) is 0 Å². The number of carbonyl (C=O) groups is 2. The monoisotopic (exact) mass is 429 g/mol. The SMILES string of the molecule is CCCCCCCCCN1C(=NCc2ccc(OC)cc2)NC2C1C(=O)NC(=O)N2C. The number of methoxy groups -OCH3 is 1. The van der Waals surface area contributed by atoms with Gasteiger partial charge in [0.05, 0.1) is 13.7 Å². The minimum absolute atomic E-state index is 0.266. The predicted octanol–water partition coefficient (Wildman–Crippen LogP) is 3.08. The van der Waals surface area contributed by atoms with Crippen LogP contribution in [0.3, 0.4) is 0 Å². The Hall–Kier alpha value is -2.77. The Labute approximate surface area is 185 Å². The van der Waals surface area contributed by atoms with Crippen LogP contribution in [0.1, 0.15) is 57.4 Å². The summed E-state index contributed by atoms with van der Waals surface area (Å²) in [7, 11) is 3.34. The summed E-state index contributed by atoms with van der Waals surface area (Å²) in [6, 6.07) is 6.94. The van der Waals surface area contributed by atoms with Crippen molar-refractivity contribution >= 4 is 17.9 Å². The Balaban J connectivity index is 1.67. The molecular weight excluding hydrogens is 394 g/mol. The fourth-order valence-corrected chi connectivity index (χ4v) is 4.10. The molecule has 0 bridgehead atoms. The van der Waals surface area contributed by atoms with E-state index in [1.807, 2.05) is 29.2 Å². The molecule has 0 radical (unpaired) electrons. The largest absolute Gasteiger partial charge is 0.497 e. The van der Waals surface area contributed by atoms with Crippen molar-refractivity contribution < 1.29 is 14.3 Å². The smallest absolute Gasteiger partial charge is 0.325 e. The van der Waals surface area contributed by atoms with Crippen molar-refractivity contribution in [1.29, 1.82) is 0 Å². The second-order valence-corrected chi connectivity index (χ2v) is 8.24. The standard InChI is InChI=1S/C23H35N5O3/c1-4-5-6-7-8-9-10-15-28-19-20(27(2)23(30)26-21(19)29)25-22(28)24-16-17-11-13-18(31-3)14-12-17/h11-14,19-20H,4-10,15-16H2,1-3H3,(H,24,25)(H,26,29,30). The van der Waals surface area contributed by atoms with Crippen molar-refractivity contribution in [3.05, 3.63) is 29.8 Å². The Morgan fingerprint density at radius 3 is 2.39 bits per heavy atom. The van der Waals surface area contributed by atoms with Crippen LogP contribution in [0.4, 0.5) is 4.79 Å². The molecule has 2 N–H and O–H groups in total. The average Bonchev–Trinajstić information content (AvgIpc) is 3.15. The second kappa shape index (κ2) is 11.0. The summed E-state index contributed by atoms with van der Waals surface area (Å²) in [5.41, 5.74) is 1.05. The number of rotatable bonds is 11. The lowest BCUT2D eigenvalue weighted by atomic mass is 10.1. The number of unbranched alkanes of at least 4 members (excludes halogenated alkanes) is 6. The fourth-order valence-electron chi connectivity index (χ4n) is 4.10. The molecule has 2 unspecified atom stereocenters. The first kappa shape index (κ1) is 22.9. The van der Waals surface area contributed by atoms with Gasteiger partial charge in [0.2, 0.25) is 0 Å². The fraction of sp³-hybridized carbons (Fsp3) is 0.609. The molecule has 2 fully saturated rings. The summed E-state index contributed by atoms with van der Waals surface area (Å²) < 4.78 is 5.21. The van der Waals surface area contributed by atoms with Crippen molar-refractivity contribution in [1.82, 2.24) is 20.4 Å². The topological polar surface area (TPSA) is 86.3 Å². The number of nitrogens with zero attached hydrogens (tertiary/aromatic N) is 3. The summed E-state index contributed by atoms with van der Waals surface area (Å²) in [5.74, 6) is 1.21. The van der Waals surface area contributed by atoms with Gasteiger partial charge in [0.15, 0.2) is 12.0 Å². The summed E-state index contributed by atoms with van der Waals surface area (Å²) in [6.07, 6.45) is 8.01. The molecule has 2 aliphatic heterocycles. The van der Waals surface area contributed by atoms with E-state index in [4.69, 9.17) is 9.73 Å². The molecule has 0 saturated carbocycles. The van der Waals surface area contributed by atoms with Crippen LogP contribution in [0.5, 0.6) is 5.75 Å². The van der Waals surface area contributed by atoms with E-state index in [0.717, 1.165) is 30.7 Å². The van der Waals surface area contributed by atoms with Gasteiger partial charge in [0, 0.05) is 13.6 Å². The van der Waals surface area contributed by atoms with E-state index in [2.05, 4.69) is 17.6 Å². The zero-order valence-electron chi connectivity index (χ0n) is 18.9. The van der Waals surface area contributed by atoms with Gasteiger partial charge in [-0.05, 0) is 24.1 Å². The number of hydrogen-bond acceptors (Lipinski definition) is 4. The third-order valence-corrected chi connectivity index (χ3v) is 5.99. The van der Waals surface area contributed by atoms with Gasteiger partial charge in [-0.25, -0.2) is 9.79 Å². The molecule has 2 heterocycles. The lowest BCUT2D eigenvalue weighted by molar-refractivity contribution is -0.127. The number of guanidine groups is 1. The Bertz CT molecular complexity index is 780. The molecule has 0 aromatic heterocycles. The van der Waals surface area contributed by atoms with Crippen LogP contribution < -0.4 is 15.4 Å². The predicted molar refractivity (Wildman–Crippen MR) is 121 cm³/mol. The van der Waals surface area contributed by atoms with Gasteiger partial charge >= 0.3 is 6.03 Å². The molecule has 8 nitrogen and oxygen atoms in total. The molecule has 31 heavy (non-hydrogen) atoms. The number of carbonyl (C=O) groups excluding carboxylic acids is 2. The number of benzene rings is 1. The Kier molecular flexibility index (Phi) is 8.14. The van der Waals surface area contributed by atoms with Crippen LogP contribution in [0.2, 0.25) is 0 Å². The van der Waals surface area contributed by atoms with Crippen molar-refractivity contribution in [2.45, 2.75) is 70.6 Å². The van der Waals surface area contributed by atoms with Crippen LogP contribution in [-0.4, -0.2) is 60.6 Å². The molecule has 2 aliphatic rings. The van der Waals surface area contributed by atoms with Gasteiger partial charge in [0.1, 0.15) is 11.9 Å². The number of aliphatic imine (C=N–C) groups is 1. The quantitative estimate of drug-likeness (QED) is 0.528. The molecule has 3 rings (SSSR count). The molecule has 1 aromatic rings.